The van der Waals surface area contributed by atoms with Gasteiger partial charge in [0.1, 0.15) is 17.1 Å². The molecule has 0 spiro atoms. The molecule has 0 aliphatic rings. The number of unbranched alkanes of at least 4 members (excludes halogenated alkanes) is 2. The van der Waals surface area contributed by atoms with Crippen LogP contribution in [0.5, 0.6) is 11.5 Å². The number of alkyl halides is 3. The van der Waals surface area contributed by atoms with Crippen molar-refractivity contribution < 1.29 is 46.0 Å². The third kappa shape index (κ3) is 14.0. The molecular formula is C42H56F3N4O7P. The summed E-state index contributed by atoms with van der Waals surface area (Å²) < 4.78 is 70.8. The maximum atomic E-state index is 13.6. The van der Waals surface area contributed by atoms with Gasteiger partial charge in [-0.05, 0) is 88.4 Å². The molecule has 15 heteroatoms. The topological polar surface area (TPSA) is 131 Å². The Labute approximate surface area is 336 Å². The van der Waals surface area contributed by atoms with Gasteiger partial charge < -0.3 is 33.9 Å². The minimum atomic E-state index is -4.95. The van der Waals surface area contributed by atoms with Gasteiger partial charge in [0.15, 0.2) is 0 Å². The largest absolute Gasteiger partial charge is 0.497 e. The van der Waals surface area contributed by atoms with Gasteiger partial charge in [-0.2, -0.15) is 18.4 Å². The number of carbonyl (C=O) groups excluding carboxylic acids is 2. The monoisotopic (exact) mass is 816 g/mol. The molecule has 0 bridgehead atoms. The highest BCUT2D eigenvalue weighted by Crippen LogP contribution is 2.48. The van der Waals surface area contributed by atoms with Gasteiger partial charge in [-0.1, -0.05) is 61.0 Å². The molecule has 2 N–H and O–H groups in total. The van der Waals surface area contributed by atoms with Crippen LogP contribution in [-0.2, 0) is 29.0 Å². The molecule has 3 rings (SSSR count). The maximum Gasteiger partial charge on any atom is 0.471 e. The predicted molar refractivity (Wildman–Crippen MR) is 213 cm³/mol. The Morgan fingerprint density at radius 1 is 0.807 bits per heavy atom. The fourth-order valence-corrected chi connectivity index (χ4v) is 8.00. The number of nitrogens with zero attached hydrogens (tertiary/aromatic N) is 2. The van der Waals surface area contributed by atoms with Crippen molar-refractivity contribution in [2.45, 2.75) is 103 Å². The molecular weight excluding hydrogens is 760 g/mol. The lowest BCUT2D eigenvalue weighted by Gasteiger charge is -2.40. The molecule has 3 aromatic rings. The van der Waals surface area contributed by atoms with Crippen molar-refractivity contribution in [3.63, 3.8) is 0 Å². The van der Waals surface area contributed by atoms with E-state index in [9.17, 15) is 28.0 Å². The average molecular weight is 817 g/mol. The molecule has 0 aromatic heterocycles. The smallest absolute Gasteiger partial charge is 0.471 e. The number of nitrogens with one attached hydrogen (secondary N) is 2. The summed E-state index contributed by atoms with van der Waals surface area (Å²) in [7, 11) is 1.50. The van der Waals surface area contributed by atoms with Crippen molar-refractivity contribution in [1.82, 2.24) is 15.3 Å². The molecule has 2 amide bonds. The summed E-state index contributed by atoms with van der Waals surface area (Å²) >= 11 is 0. The second kappa shape index (κ2) is 23.2. The van der Waals surface area contributed by atoms with Crippen LogP contribution in [0.4, 0.5) is 13.2 Å². The van der Waals surface area contributed by atoms with E-state index in [1.165, 1.54) is 0 Å². The van der Waals surface area contributed by atoms with E-state index in [4.69, 9.17) is 23.3 Å². The standard InChI is InChI=1S/C42H56F3N4O7P/c1-30(2)49(31(3)4)57(55-28-14-26-46)56-32(5)38(48-39(50)17-12-9-13-27-47-40(51)42(43,44)45)29-54-41(33-15-10-8-11-16-33,34-18-22-36(52-6)23-19-34)35-20-24-37(53-7)25-21-35/h8,10-11,15-16,18-25,30-32,38H,9,12-14,17,27-29H2,1-7H3,(H,47,51)(H,48,50)/t32-,38-,57?/m1/s1. The van der Waals surface area contributed by atoms with E-state index in [0.717, 1.165) is 16.7 Å². The first-order valence-corrected chi connectivity index (χ1v) is 20.2. The minimum absolute atomic E-state index is 0.0337. The second-order valence-electron chi connectivity index (χ2n) is 13.9. The van der Waals surface area contributed by atoms with Gasteiger partial charge in [0, 0.05) is 25.0 Å². The molecule has 0 heterocycles. The lowest BCUT2D eigenvalue weighted by Crippen LogP contribution is -2.49. The number of amides is 2. The summed E-state index contributed by atoms with van der Waals surface area (Å²) in [6, 6.07) is 26.4. The van der Waals surface area contributed by atoms with E-state index in [1.807, 2.05) is 119 Å². The maximum absolute atomic E-state index is 13.6. The zero-order chi connectivity index (χ0) is 42.0. The summed E-state index contributed by atoms with van der Waals surface area (Å²) in [4.78, 5) is 24.8. The Bertz CT molecular complexity index is 1640. The van der Waals surface area contributed by atoms with Crippen molar-refractivity contribution in [3.05, 3.63) is 95.6 Å². The van der Waals surface area contributed by atoms with Crippen LogP contribution in [-0.4, -0.2) is 80.9 Å². The van der Waals surface area contributed by atoms with Gasteiger partial charge >= 0.3 is 12.1 Å². The lowest BCUT2D eigenvalue weighted by atomic mass is 9.80. The normalized spacial score (nSPS) is 13.5. The van der Waals surface area contributed by atoms with Crippen LogP contribution < -0.4 is 20.1 Å². The summed E-state index contributed by atoms with van der Waals surface area (Å²) in [5, 5.41) is 14.2. The number of carbonyl (C=O) groups is 2. The van der Waals surface area contributed by atoms with E-state index in [-0.39, 0.29) is 57.0 Å². The molecule has 1 unspecified atom stereocenters. The van der Waals surface area contributed by atoms with Crippen LogP contribution in [0.3, 0.4) is 0 Å². The highest BCUT2D eigenvalue weighted by molar-refractivity contribution is 7.44. The molecule has 312 valence electrons. The van der Waals surface area contributed by atoms with Crippen molar-refractivity contribution in [2.75, 3.05) is 34.0 Å². The molecule has 0 aliphatic heterocycles. The molecule has 0 radical (unpaired) electrons. The Morgan fingerprint density at radius 3 is 1.84 bits per heavy atom. The van der Waals surface area contributed by atoms with E-state index in [1.54, 1.807) is 14.2 Å². The number of ether oxygens (including phenoxy) is 3. The number of hydrogen-bond acceptors (Lipinski definition) is 9. The van der Waals surface area contributed by atoms with Gasteiger partial charge in [-0.15, -0.1) is 0 Å². The van der Waals surface area contributed by atoms with Crippen molar-refractivity contribution in [3.8, 4) is 17.6 Å². The van der Waals surface area contributed by atoms with E-state index in [2.05, 4.69) is 16.1 Å². The highest BCUT2D eigenvalue weighted by Gasteiger charge is 2.41. The minimum Gasteiger partial charge on any atom is -0.497 e. The van der Waals surface area contributed by atoms with Gasteiger partial charge in [0.25, 0.3) is 8.53 Å². The van der Waals surface area contributed by atoms with Crippen LogP contribution >= 0.6 is 8.53 Å². The number of benzene rings is 3. The molecule has 0 aliphatic carbocycles. The average Bonchev–Trinajstić information content (AvgIpc) is 3.19. The van der Waals surface area contributed by atoms with Gasteiger partial charge in [0.2, 0.25) is 5.91 Å². The fourth-order valence-electron chi connectivity index (χ4n) is 6.26. The first kappa shape index (κ1) is 47.1. The predicted octanol–water partition coefficient (Wildman–Crippen LogP) is 8.42. The van der Waals surface area contributed by atoms with Gasteiger partial charge in [-0.3, -0.25) is 9.59 Å². The zero-order valence-electron chi connectivity index (χ0n) is 33.8. The van der Waals surface area contributed by atoms with E-state index < -0.39 is 38.4 Å². The molecule has 0 saturated carbocycles. The second-order valence-corrected chi connectivity index (χ2v) is 15.3. The van der Waals surface area contributed by atoms with Crippen molar-refractivity contribution in [1.29, 1.82) is 5.26 Å². The molecule has 3 atom stereocenters. The Kier molecular flexibility index (Phi) is 19.2. The molecule has 0 fully saturated rings. The van der Waals surface area contributed by atoms with E-state index in [0.29, 0.717) is 24.3 Å². The summed E-state index contributed by atoms with van der Waals surface area (Å²) in [6.07, 6.45) is -4.30. The number of nitriles is 1. The zero-order valence-corrected chi connectivity index (χ0v) is 34.7. The van der Waals surface area contributed by atoms with Crippen LogP contribution in [0.15, 0.2) is 78.9 Å². The summed E-state index contributed by atoms with van der Waals surface area (Å²) in [5.41, 5.74) is 1.22. The van der Waals surface area contributed by atoms with E-state index >= 15 is 0 Å². The van der Waals surface area contributed by atoms with Crippen LogP contribution in [0.2, 0.25) is 0 Å². The number of halogens is 3. The lowest BCUT2D eigenvalue weighted by molar-refractivity contribution is -0.173. The third-order valence-electron chi connectivity index (χ3n) is 9.11. The number of methoxy groups -OCH3 is 2. The van der Waals surface area contributed by atoms with Crippen LogP contribution in [0.1, 0.15) is 83.4 Å². The summed E-state index contributed by atoms with van der Waals surface area (Å²) in [5.74, 6) is -0.972. The third-order valence-corrected chi connectivity index (χ3v) is 11.3. The molecule has 11 nitrogen and oxygen atoms in total. The SMILES string of the molecule is COc1ccc(C(OC[C@@H](NC(=O)CCCCCNC(=O)C(F)(F)F)[C@@H](C)OP(OCCC#N)N(C(C)C)C(C)C)(c2ccccc2)c2ccc(OC)cc2)cc1. The van der Waals surface area contributed by atoms with Crippen molar-refractivity contribution >= 4 is 20.3 Å². The fraction of sp³-hybridized carbons (Fsp3) is 0.500. The summed E-state index contributed by atoms with van der Waals surface area (Å²) in [6.45, 7) is 9.94. The number of rotatable bonds is 24. The quantitative estimate of drug-likeness (QED) is 0.0520. The van der Waals surface area contributed by atoms with Crippen LogP contribution in [0.25, 0.3) is 0 Å². The molecule has 3 aromatic carbocycles. The van der Waals surface area contributed by atoms with Crippen LogP contribution in [0, 0.1) is 11.3 Å². The molecule has 57 heavy (non-hydrogen) atoms. The van der Waals surface area contributed by atoms with Gasteiger partial charge in [-0.25, -0.2) is 4.67 Å². The van der Waals surface area contributed by atoms with Gasteiger partial charge in [0.05, 0.1) is 52.1 Å². The number of hydrogen-bond donors (Lipinski definition) is 2. The first-order chi connectivity index (χ1) is 27.2. The molecule has 0 saturated heterocycles. The Morgan fingerprint density at radius 2 is 1.35 bits per heavy atom. The first-order valence-electron chi connectivity index (χ1n) is 19.1. The Balaban J connectivity index is 2.01. The Hall–Kier alpha value is -4.25. The highest BCUT2D eigenvalue weighted by atomic mass is 31.2. The van der Waals surface area contributed by atoms with Crippen molar-refractivity contribution in [2.24, 2.45) is 0 Å².